The minimum absolute atomic E-state index is 0.193. The van der Waals surface area contributed by atoms with Crippen LogP contribution in [-0.4, -0.2) is 25.1 Å². The molecule has 0 aliphatic carbocycles. The van der Waals surface area contributed by atoms with Crippen LogP contribution < -0.4 is 5.32 Å². The third kappa shape index (κ3) is 3.69. The number of pyridine rings is 1. The van der Waals surface area contributed by atoms with E-state index in [0.717, 1.165) is 22.3 Å². The summed E-state index contributed by atoms with van der Waals surface area (Å²) in [5, 5.41) is 22.0. The maximum Gasteiger partial charge on any atom is 0.131 e. The van der Waals surface area contributed by atoms with Crippen molar-refractivity contribution in [2.24, 2.45) is 0 Å². The zero-order valence-electron chi connectivity index (χ0n) is 16.6. The summed E-state index contributed by atoms with van der Waals surface area (Å²) in [4.78, 5) is 4.73. The van der Waals surface area contributed by atoms with Crippen molar-refractivity contribution in [3.8, 4) is 22.8 Å². The quantitative estimate of drug-likeness (QED) is 0.415. The van der Waals surface area contributed by atoms with Crippen LogP contribution >= 0.6 is 0 Å². The van der Waals surface area contributed by atoms with E-state index < -0.39 is 0 Å². The van der Waals surface area contributed by atoms with Gasteiger partial charge in [-0.1, -0.05) is 17.3 Å². The first kappa shape index (κ1) is 18.7. The van der Waals surface area contributed by atoms with Crippen molar-refractivity contribution in [1.29, 1.82) is 0 Å². The standard InChI is InChI=1S/C24H18FN5O/c1-15-5-6-16(13-20(15)25)26-21-3-2-4-22-19(21)11-12-23(27-22)24-14-30(29-28-24)17-7-9-18(31)10-8-17/h2-14,26,31H,1H3. The Hall–Kier alpha value is -4.26. The van der Waals surface area contributed by atoms with Crippen molar-refractivity contribution in [3.63, 3.8) is 0 Å². The average molecular weight is 411 g/mol. The Morgan fingerprint density at radius 1 is 0.935 bits per heavy atom. The lowest BCUT2D eigenvalue weighted by molar-refractivity contribution is 0.475. The summed E-state index contributed by atoms with van der Waals surface area (Å²) in [6.07, 6.45) is 1.79. The number of nitrogens with zero attached hydrogens (tertiary/aromatic N) is 4. The largest absolute Gasteiger partial charge is 0.508 e. The van der Waals surface area contributed by atoms with E-state index in [-0.39, 0.29) is 11.6 Å². The van der Waals surface area contributed by atoms with Gasteiger partial charge in [0, 0.05) is 16.8 Å². The van der Waals surface area contributed by atoms with E-state index in [2.05, 4.69) is 15.6 Å². The predicted octanol–water partition coefficient (Wildman–Crippen LogP) is 5.38. The highest BCUT2D eigenvalue weighted by Gasteiger charge is 2.10. The molecule has 7 heteroatoms. The second-order valence-electron chi connectivity index (χ2n) is 7.22. The number of aromatic hydroxyl groups is 1. The first-order valence-corrected chi connectivity index (χ1v) is 9.72. The van der Waals surface area contributed by atoms with Gasteiger partial charge in [0.25, 0.3) is 0 Å². The highest BCUT2D eigenvalue weighted by Crippen LogP contribution is 2.28. The van der Waals surface area contributed by atoms with Crippen molar-refractivity contribution in [3.05, 3.63) is 90.4 Å². The van der Waals surface area contributed by atoms with Gasteiger partial charge in [0.05, 0.1) is 23.1 Å². The summed E-state index contributed by atoms with van der Waals surface area (Å²) < 4.78 is 15.5. The Balaban J connectivity index is 1.47. The molecule has 0 bridgehead atoms. The molecule has 0 fully saturated rings. The van der Waals surface area contributed by atoms with Crippen LogP contribution in [0.25, 0.3) is 28.0 Å². The number of hydrogen-bond acceptors (Lipinski definition) is 5. The van der Waals surface area contributed by atoms with Gasteiger partial charge in [0.2, 0.25) is 0 Å². The van der Waals surface area contributed by atoms with Gasteiger partial charge < -0.3 is 10.4 Å². The van der Waals surface area contributed by atoms with E-state index in [9.17, 15) is 9.50 Å². The van der Waals surface area contributed by atoms with Crippen LogP contribution in [0, 0.1) is 12.7 Å². The van der Waals surface area contributed by atoms with Crippen LogP contribution in [0.4, 0.5) is 15.8 Å². The lowest BCUT2D eigenvalue weighted by Gasteiger charge is -2.11. The molecule has 0 aliphatic rings. The predicted molar refractivity (Wildman–Crippen MR) is 118 cm³/mol. The van der Waals surface area contributed by atoms with Gasteiger partial charge in [-0.25, -0.2) is 14.1 Å². The molecule has 31 heavy (non-hydrogen) atoms. The van der Waals surface area contributed by atoms with E-state index in [1.54, 1.807) is 48.1 Å². The molecule has 0 saturated heterocycles. The molecule has 5 aromatic rings. The summed E-state index contributed by atoms with van der Waals surface area (Å²) in [5.41, 5.74) is 5.02. The SMILES string of the molecule is Cc1ccc(Nc2cccc3nc(-c4cn(-c5ccc(O)cc5)nn4)ccc23)cc1F. The molecule has 2 aromatic heterocycles. The summed E-state index contributed by atoms with van der Waals surface area (Å²) in [7, 11) is 0. The number of aromatic nitrogens is 4. The van der Waals surface area contributed by atoms with Crippen molar-refractivity contribution < 1.29 is 9.50 Å². The molecule has 0 amide bonds. The van der Waals surface area contributed by atoms with E-state index in [4.69, 9.17) is 4.98 Å². The van der Waals surface area contributed by atoms with E-state index in [1.165, 1.54) is 6.07 Å². The van der Waals surface area contributed by atoms with Crippen LogP contribution in [-0.2, 0) is 0 Å². The summed E-state index contributed by atoms with van der Waals surface area (Å²) in [5.74, 6) is -0.0552. The number of phenolic OH excluding ortho intramolecular Hbond substituents is 1. The van der Waals surface area contributed by atoms with E-state index in [0.29, 0.717) is 22.6 Å². The Morgan fingerprint density at radius 2 is 1.77 bits per heavy atom. The van der Waals surface area contributed by atoms with Gasteiger partial charge in [0.15, 0.2) is 0 Å². The maximum atomic E-state index is 13.9. The number of fused-ring (bicyclic) bond motifs is 1. The van der Waals surface area contributed by atoms with Crippen molar-refractivity contribution in [2.45, 2.75) is 6.92 Å². The third-order valence-corrected chi connectivity index (χ3v) is 5.05. The summed E-state index contributed by atoms with van der Waals surface area (Å²) >= 11 is 0. The van der Waals surface area contributed by atoms with Gasteiger partial charge in [-0.05, 0) is 73.2 Å². The Bertz CT molecular complexity index is 1400. The smallest absolute Gasteiger partial charge is 0.131 e. The molecule has 0 atom stereocenters. The second kappa shape index (κ2) is 7.53. The highest BCUT2D eigenvalue weighted by atomic mass is 19.1. The van der Waals surface area contributed by atoms with Crippen molar-refractivity contribution in [2.75, 3.05) is 5.32 Å². The molecule has 0 unspecified atom stereocenters. The van der Waals surface area contributed by atoms with Gasteiger partial charge in [-0.3, -0.25) is 0 Å². The van der Waals surface area contributed by atoms with Crippen LogP contribution in [0.3, 0.4) is 0 Å². The van der Waals surface area contributed by atoms with E-state index in [1.807, 2.05) is 36.4 Å². The monoisotopic (exact) mass is 411 g/mol. The van der Waals surface area contributed by atoms with Crippen molar-refractivity contribution >= 4 is 22.3 Å². The zero-order valence-corrected chi connectivity index (χ0v) is 16.6. The van der Waals surface area contributed by atoms with Crippen LogP contribution in [0.2, 0.25) is 0 Å². The van der Waals surface area contributed by atoms with Gasteiger partial charge >= 0.3 is 0 Å². The number of nitrogens with one attached hydrogen (secondary N) is 1. The molecule has 0 aliphatic heterocycles. The number of hydrogen-bond donors (Lipinski definition) is 2. The van der Waals surface area contributed by atoms with Crippen LogP contribution in [0.1, 0.15) is 5.56 Å². The fourth-order valence-corrected chi connectivity index (χ4v) is 3.35. The first-order chi connectivity index (χ1) is 15.1. The van der Waals surface area contributed by atoms with Crippen LogP contribution in [0.5, 0.6) is 5.75 Å². The number of aryl methyl sites for hydroxylation is 1. The van der Waals surface area contributed by atoms with Gasteiger partial charge in [-0.15, -0.1) is 5.10 Å². The molecule has 2 N–H and O–H groups in total. The molecule has 3 aromatic carbocycles. The molecule has 0 radical (unpaired) electrons. The molecule has 0 saturated carbocycles. The van der Waals surface area contributed by atoms with Gasteiger partial charge in [-0.2, -0.15) is 0 Å². The number of anilines is 2. The Kier molecular flexibility index (Phi) is 4.55. The molecular weight excluding hydrogens is 393 g/mol. The normalized spacial score (nSPS) is 11.0. The average Bonchev–Trinajstić information content (AvgIpc) is 3.27. The minimum atomic E-state index is -0.248. The van der Waals surface area contributed by atoms with Crippen LogP contribution in [0.15, 0.2) is 79.0 Å². The second-order valence-corrected chi connectivity index (χ2v) is 7.22. The zero-order chi connectivity index (χ0) is 21.4. The fraction of sp³-hybridized carbons (Fsp3) is 0.0417. The molecule has 5 rings (SSSR count). The summed E-state index contributed by atoms with van der Waals surface area (Å²) in [6.45, 7) is 1.74. The molecule has 152 valence electrons. The van der Waals surface area contributed by atoms with E-state index >= 15 is 0 Å². The minimum Gasteiger partial charge on any atom is -0.508 e. The fourth-order valence-electron chi connectivity index (χ4n) is 3.35. The number of phenols is 1. The first-order valence-electron chi connectivity index (χ1n) is 9.72. The maximum absolute atomic E-state index is 13.9. The lowest BCUT2D eigenvalue weighted by Crippen LogP contribution is -1.94. The van der Waals surface area contributed by atoms with Gasteiger partial charge in [0.1, 0.15) is 17.3 Å². The third-order valence-electron chi connectivity index (χ3n) is 5.05. The molecular formula is C24H18FN5O. The topological polar surface area (TPSA) is 75.9 Å². The molecule has 6 nitrogen and oxygen atoms in total. The molecule has 0 spiro atoms. The summed E-state index contributed by atoms with van der Waals surface area (Å²) in [6, 6.07) is 21.4. The Labute approximate surface area is 177 Å². The number of benzene rings is 3. The molecule has 2 heterocycles. The number of halogens is 1. The lowest BCUT2D eigenvalue weighted by atomic mass is 10.1. The number of rotatable bonds is 4. The van der Waals surface area contributed by atoms with Crippen molar-refractivity contribution in [1.82, 2.24) is 20.0 Å². The Morgan fingerprint density at radius 3 is 2.58 bits per heavy atom. The highest BCUT2D eigenvalue weighted by molar-refractivity contribution is 5.94.